The molecule has 3 aromatic carbocycles. The predicted octanol–water partition coefficient (Wildman–Crippen LogP) is 6.58. The Morgan fingerprint density at radius 3 is 2.45 bits per heavy atom. The number of hydrogen-bond acceptors (Lipinski definition) is 7. The fraction of sp³-hybridized carbons (Fsp3) is 0.172. The highest BCUT2D eigenvalue weighted by atomic mass is 35.5. The van der Waals surface area contributed by atoms with Crippen molar-refractivity contribution < 1.29 is 32.3 Å². The Balaban J connectivity index is 1.35. The number of thioether (sulfide) groups is 1. The lowest BCUT2D eigenvalue weighted by Crippen LogP contribution is -2.33. The van der Waals surface area contributed by atoms with Crippen LogP contribution in [0.3, 0.4) is 0 Å². The lowest BCUT2D eigenvalue weighted by Gasteiger charge is -2.30. The number of halogens is 5. The third kappa shape index (κ3) is 5.49. The van der Waals surface area contributed by atoms with Gasteiger partial charge in [-0.05, 0) is 36.4 Å². The van der Waals surface area contributed by atoms with Gasteiger partial charge < -0.3 is 15.0 Å². The lowest BCUT2D eigenvalue weighted by atomic mass is 9.82. The van der Waals surface area contributed by atoms with Gasteiger partial charge in [0.15, 0.2) is 6.61 Å². The van der Waals surface area contributed by atoms with Crippen LogP contribution in [-0.2, 0) is 20.6 Å². The number of nitrogens with zero attached hydrogens (tertiary/aromatic N) is 1. The number of fused-ring (bicyclic) bond motifs is 2. The number of H-pyrrole nitrogens is 1. The first-order valence-corrected chi connectivity index (χ1v) is 15.3. The number of amides is 3. The van der Waals surface area contributed by atoms with Gasteiger partial charge in [0.1, 0.15) is 11.0 Å². The standard InChI is InChI=1S/C29H18Cl2F3N3O5S2/c30-16-10-9-13(11-17(16)31)35-20(38)12-42-19-8-4-1-5-14(19)21-22-24(43-25-23(21)44-28(41)36-25)27(40)37(26(22)39)18-7-3-2-6-15(18)29(32,33)34/h1-11,21-22,24H,12H2,(H,35,38)(H,36,41)/t21-,22?,24?/m1/s1. The number of hydrogen-bond donors (Lipinski definition) is 2. The Kier molecular flexibility index (Phi) is 7.99. The zero-order valence-electron chi connectivity index (χ0n) is 22.0. The largest absolute Gasteiger partial charge is 0.483 e. The van der Waals surface area contributed by atoms with E-state index in [0.29, 0.717) is 31.1 Å². The van der Waals surface area contributed by atoms with Crippen molar-refractivity contribution in [2.75, 3.05) is 16.8 Å². The molecule has 3 atom stereocenters. The molecule has 0 saturated carbocycles. The molecule has 3 amide bonds. The smallest absolute Gasteiger partial charge is 0.418 e. The van der Waals surface area contributed by atoms with Crippen LogP contribution in [0.15, 0.2) is 76.6 Å². The van der Waals surface area contributed by atoms with Crippen LogP contribution in [0.2, 0.25) is 10.0 Å². The number of imide groups is 1. The Hall–Kier alpha value is -3.78. The summed E-state index contributed by atoms with van der Waals surface area (Å²) in [7, 11) is 0. The van der Waals surface area contributed by atoms with E-state index >= 15 is 0 Å². The minimum atomic E-state index is -4.82. The molecule has 6 rings (SSSR count). The molecule has 0 aliphatic carbocycles. The average molecular weight is 681 g/mol. The summed E-state index contributed by atoms with van der Waals surface area (Å²) in [5, 5.41) is 2.40. The number of carbonyl (C=O) groups is 3. The van der Waals surface area contributed by atoms with Gasteiger partial charge in [0.05, 0.1) is 32.2 Å². The number of para-hydroxylation sites is 2. The molecule has 226 valence electrons. The number of alkyl halides is 3. The average Bonchev–Trinajstić information content (AvgIpc) is 3.47. The van der Waals surface area contributed by atoms with Crippen molar-refractivity contribution in [3.05, 3.63) is 102 Å². The Labute approximate surface area is 265 Å². The molecule has 0 radical (unpaired) electrons. The van der Waals surface area contributed by atoms with Crippen molar-refractivity contribution >= 4 is 75.4 Å². The van der Waals surface area contributed by atoms with E-state index in [1.165, 1.54) is 24.3 Å². The summed E-state index contributed by atoms with van der Waals surface area (Å²) in [6.45, 7) is -0.457. The fourth-order valence-electron chi connectivity index (χ4n) is 5.28. The summed E-state index contributed by atoms with van der Waals surface area (Å²) in [6.07, 6.45) is -4.82. The molecule has 1 aromatic heterocycles. The number of thiazole rings is 1. The van der Waals surface area contributed by atoms with Crippen molar-refractivity contribution in [3.8, 4) is 5.75 Å². The Morgan fingerprint density at radius 1 is 0.977 bits per heavy atom. The van der Waals surface area contributed by atoms with Gasteiger partial charge in [-0.2, -0.15) is 13.2 Å². The third-order valence-corrected chi connectivity index (χ3v) is 10.2. The summed E-state index contributed by atoms with van der Waals surface area (Å²) in [6, 6.07) is 15.4. The molecule has 2 unspecified atom stereocenters. The van der Waals surface area contributed by atoms with Crippen molar-refractivity contribution in [2.45, 2.75) is 22.4 Å². The van der Waals surface area contributed by atoms with Crippen LogP contribution in [0.25, 0.3) is 0 Å². The minimum Gasteiger partial charge on any atom is -0.483 e. The van der Waals surface area contributed by atoms with Gasteiger partial charge in [-0.25, -0.2) is 4.90 Å². The highest BCUT2D eigenvalue weighted by molar-refractivity contribution is 8.00. The topological polar surface area (TPSA) is 109 Å². The SMILES string of the molecule is O=C(COc1ccccc1[C@H]1c2sc(=O)[nH]c2SC2C(=O)N(c3ccccc3C(F)(F)F)C(=O)C21)Nc1ccc(Cl)c(Cl)c1. The lowest BCUT2D eigenvalue weighted by molar-refractivity contribution is -0.137. The van der Waals surface area contributed by atoms with E-state index in [1.807, 2.05) is 0 Å². The molecule has 2 N–H and O–H groups in total. The van der Waals surface area contributed by atoms with Gasteiger partial charge in [-0.15, -0.1) is 0 Å². The molecule has 3 heterocycles. The zero-order chi connectivity index (χ0) is 31.3. The number of rotatable bonds is 6. The summed E-state index contributed by atoms with van der Waals surface area (Å²) >= 11 is 13.7. The predicted molar refractivity (Wildman–Crippen MR) is 161 cm³/mol. The number of benzene rings is 3. The quantitative estimate of drug-likeness (QED) is 0.223. The second kappa shape index (κ2) is 11.6. The highest BCUT2D eigenvalue weighted by Gasteiger charge is 2.57. The van der Waals surface area contributed by atoms with E-state index in [9.17, 15) is 32.3 Å². The van der Waals surface area contributed by atoms with Crippen LogP contribution in [-0.4, -0.2) is 34.6 Å². The molecule has 44 heavy (non-hydrogen) atoms. The number of anilines is 2. The summed E-state index contributed by atoms with van der Waals surface area (Å²) in [4.78, 5) is 56.0. The molecule has 2 aliphatic heterocycles. The van der Waals surface area contributed by atoms with Crippen molar-refractivity contribution in [1.29, 1.82) is 0 Å². The molecule has 1 saturated heterocycles. The maximum Gasteiger partial charge on any atom is 0.418 e. The van der Waals surface area contributed by atoms with Gasteiger partial charge in [0.2, 0.25) is 11.8 Å². The Bertz CT molecular complexity index is 1880. The number of aromatic nitrogens is 1. The molecule has 0 spiro atoms. The maximum atomic E-state index is 14.0. The van der Waals surface area contributed by atoms with Gasteiger partial charge >= 0.3 is 11.0 Å². The first-order valence-electron chi connectivity index (χ1n) is 12.8. The first kappa shape index (κ1) is 30.3. The van der Waals surface area contributed by atoms with E-state index in [1.54, 1.807) is 30.3 Å². The van der Waals surface area contributed by atoms with Crippen LogP contribution in [0, 0.1) is 5.92 Å². The molecule has 1 fully saturated rings. The monoisotopic (exact) mass is 679 g/mol. The number of aromatic amines is 1. The highest BCUT2D eigenvalue weighted by Crippen LogP contribution is 2.55. The van der Waals surface area contributed by atoms with E-state index in [2.05, 4.69) is 10.3 Å². The van der Waals surface area contributed by atoms with Crippen molar-refractivity contribution in [3.63, 3.8) is 0 Å². The molecular weight excluding hydrogens is 662 g/mol. The zero-order valence-corrected chi connectivity index (χ0v) is 25.1. The van der Waals surface area contributed by atoms with E-state index in [4.69, 9.17) is 27.9 Å². The van der Waals surface area contributed by atoms with E-state index in [-0.39, 0.29) is 10.8 Å². The molecule has 4 aromatic rings. The molecule has 2 aliphatic rings. The van der Waals surface area contributed by atoms with Crippen molar-refractivity contribution in [1.82, 2.24) is 4.98 Å². The molecule has 8 nitrogen and oxygen atoms in total. The number of ether oxygens (including phenoxy) is 1. The fourth-order valence-corrected chi connectivity index (χ4v) is 8.09. The van der Waals surface area contributed by atoms with Gasteiger partial charge in [0.25, 0.3) is 5.91 Å². The normalized spacial score (nSPS) is 19.5. The molecule has 0 bridgehead atoms. The van der Waals surface area contributed by atoms with Gasteiger partial charge in [-0.3, -0.25) is 19.2 Å². The van der Waals surface area contributed by atoms with Crippen LogP contribution in [0.1, 0.15) is 21.9 Å². The Morgan fingerprint density at radius 2 is 1.70 bits per heavy atom. The second-order valence-corrected chi connectivity index (χ2v) is 12.8. The van der Waals surface area contributed by atoms with Crippen LogP contribution in [0.5, 0.6) is 5.75 Å². The molecule has 15 heteroatoms. The van der Waals surface area contributed by atoms with Crippen LogP contribution < -0.4 is 19.8 Å². The molecular formula is C29H18Cl2F3N3O5S2. The summed E-state index contributed by atoms with van der Waals surface area (Å²) in [5.74, 6) is -4.12. The number of carbonyl (C=O) groups excluding carboxylic acids is 3. The van der Waals surface area contributed by atoms with Gasteiger partial charge in [0, 0.05) is 22.0 Å². The summed E-state index contributed by atoms with van der Waals surface area (Å²) < 4.78 is 47.6. The van der Waals surface area contributed by atoms with Crippen LogP contribution in [0.4, 0.5) is 24.5 Å². The van der Waals surface area contributed by atoms with Gasteiger partial charge in [-0.1, -0.05) is 76.6 Å². The third-order valence-electron chi connectivity index (χ3n) is 7.09. The van der Waals surface area contributed by atoms with Crippen LogP contribution >= 0.6 is 46.3 Å². The first-order chi connectivity index (χ1) is 20.9. The van der Waals surface area contributed by atoms with E-state index < -0.39 is 63.7 Å². The van der Waals surface area contributed by atoms with Crippen molar-refractivity contribution in [2.24, 2.45) is 5.92 Å². The maximum absolute atomic E-state index is 14.0. The van der Waals surface area contributed by atoms with E-state index in [0.717, 1.165) is 35.2 Å². The number of nitrogens with one attached hydrogen (secondary N) is 2. The summed E-state index contributed by atoms with van der Waals surface area (Å²) in [5.41, 5.74) is -0.927. The minimum absolute atomic E-state index is 0.189. The second-order valence-electron chi connectivity index (χ2n) is 9.78.